The van der Waals surface area contributed by atoms with Crippen molar-refractivity contribution in [2.75, 3.05) is 16.8 Å². The Hall–Kier alpha value is -3.66. The summed E-state index contributed by atoms with van der Waals surface area (Å²) in [5.74, 6) is -3.67. The number of aryl methyl sites for hydroxylation is 1. The highest BCUT2D eigenvalue weighted by Crippen LogP contribution is 2.60. The van der Waals surface area contributed by atoms with Crippen LogP contribution in [0.1, 0.15) is 24.0 Å². The predicted octanol–water partition coefficient (Wildman–Crippen LogP) is 2.47. The molecular weight excluding hydrogens is 431 g/mol. The third-order valence-electron chi connectivity index (χ3n) is 7.59. The van der Waals surface area contributed by atoms with Crippen LogP contribution in [0.5, 0.6) is 0 Å². The Morgan fingerprint density at radius 3 is 2.67 bits per heavy atom. The van der Waals surface area contributed by atoms with E-state index >= 15 is 0 Å². The fourth-order valence-corrected chi connectivity index (χ4v) is 6.42. The van der Waals surface area contributed by atoms with E-state index in [1.54, 1.807) is 6.92 Å². The number of benzene rings is 2. The number of nitro groups is 1. The molecule has 3 amide bonds. The minimum Gasteiger partial charge on any atom is -0.324 e. The van der Waals surface area contributed by atoms with Crippen molar-refractivity contribution in [3.63, 3.8) is 0 Å². The summed E-state index contributed by atoms with van der Waals surface area (Å²) in [6.45, 7) is 2.12. The van der Waals surface area contributed by atoms with Crippen LogP contribution in [-0.4, -0.2) is 40.1 Å². The summed E-state index contributed by atoms with van der Waals surface area (Å²) in [5.41, 5.74) is -0.103. The number of nitrogens with zero attached hydrogens (tertiary/aromatic N) is 3. The number of rotatable bonds is 2. The number of anilines is 2. The Kier molecular flexibility index (Phi) is 3.90. The summed E-state index contributed by atoms with van der Waals surface area (Å²) in [7, 11) is 0. The molecule has 2 aromatic carbocycles. The molecule has 1 N–H and O–H groups in total. The van der Waals surface area contributed by atoms with Gasteiger partial charge >= 0.3 is 0 Å². The molecule has 9 nitrogen and oxygen atoms in total. The summed E-state index contributed by atoms with van der Waals surface area (Å²) in [5, 5.41) is 13.9. The number of halogens is 1. The number of amides is 3. The number of carbonyl (C=O) groups is 3. The van der Waals surface area contributed by atoms with Crippen molar-refractivity contribution >= 4 is 34.8 Å². The third kappa shape index (κ3) is 2.31. The van der Waals surface area contributed by atoms with E-state index in [0.29, 0.717) is 29.8 Å². The van der Waals surface area contributed by atoms with E-state index in [0.717, 1.165) is 11.3 Å². The Morgan fingerprint density at radius 2 is 1.94 bits per heavy atom. The van der Waals surface area contributed by atoms with Crippen LogP contribution in [0.3, 0.4) is 0 Å². The van der Waals surface area contributed by atoms with Crippen LogP contribution in [-0.2, 0) is 19.9 Å². The second kappa shape index (κ2) is 6.44. The van der Waals surface area contributed by atoms with E-state index in [1.807, 2.05) is 4.90 Å². The van der Waals surface area contributed by atoms with Gasteiger partial charge in [-0.2, -0.15) is 0 Å². The Bertz CT molecular complexity index is 1300. The summed E-state index contributed by atoms with van der Waals surface area (Å²) in [4.78, 5) is 54.6. The van der Waals surface area contributed by atoms with Gasteiger partial charge in [-0.05, 0) is 56.1 Å². The minimum atomic E-state index is -1.46. The first-order valence-corrected chi connectivity index (χ1v) is 10.8. The molecule has 0 radical (unpaired) electrons. The van der Waals surface area contributed by atoms with Gasteiger partial charge in [-0.3, -0.25) is 29.4 Å². The molecule has 0 aromatic heterocycles. The molecule has 3 fully saturated rings. The molecule has 33 heavy (non-hydrogen) atoms. The van der Waals surface area contributed by atoms with Crippen molar-refractivity contribution < 1.29 is 23.7 Å². The molecule has 6 rings (SSSR count). The number of carbonyl (C=O) groups excluding carboxylic acids is 3. The number of fused-ring (bicyclic) bond motifs is 7. The van der Waals surface area contributed by atoms with Crippen molar-refractivity contribution in [2.24, 2.45) is 11.8 Å². The zero-order valence-electron chi connectivity index (χ0n) is 17.6. The number of nitro benzene ring substituents is 1. The van der Waals surface area contributed by atoms with Gasteiger partial charge in [0.25, 0.3) is 5.69 Å². The predicted molar refractivity (Wildman–Crippen MR) is 114 cm³/mol. The Labute approximate surface area is 187 Å². The molecule has 0 saturated carbocycles. The minimum absolute atomic E-state index is 0.145. The Balaban J connectivity index is 1.53. The monoisotopic (exact) mass is 450 g/mol. The molecule has 3 saturated heterocycles. The first-order valence-electron chi connectivity index (χ1n) is 10.8. The van der Waals surface area contributed by atoms with Crippen molar-refractivity contribution in [2.45, 2.75) is 31.3 Å². The SMILES string of the molecule is Cc1cc([N+](=O)[O-])ccc1N1C(=O)[C@@H]2[C@@H]3CCCN3[C@]3(C(=O)Nc4ccc(F)cc43)[C@H]2C1=O. The molecule has 2 aromatic rings. The summed E-state index contributed by atoms with van der Waals surface area (Å²) in [6.07, 6.45) is 1.40. The second-order valence-corrected chi connectivity index (χ2v) is 9.06. The summed E-state index contributed by atoms with van der Waals surface area (Å²) >= 11 is 0. The smallest absolute Gasteiger partial charge is 0.269 e. The molecular formula is C23H19FN4O5. The molecule has 4 atom stereocenters. The van der Waals surface area contributed by atoms with Gasteiger partial charge in [0, 0.05) is 29.4 Å². The lowest BCUT2D eigenvalue weighted by molar-refractivity contribution is -0.384. The first kappa shape index (κ1) is 20.0. The maximum atomic E-state index is 14.3. The number of imide groups is 1. The molecule has 10 heteroatoms. The zero-order chi connectivity index (χ0) is 23.2. The fourth-order valence-electron chi connectivity index (χ4n) is 6.42. The molecule has 4 aliphatic rings. The van der Waals surface area contributed by atoms with E-state index in [4.69, 9.17) is 0 Å². The number of non-ortho nitro benzene ring substituents is 1. The van der Waals surface area contributed by atoms with Gasteiger partial charge in [0.1, 0.15) is 11.4 Å². The van der Waals surface area contributed by atoms with Gasteiger partial charge < -0.3 is 5.32 Å². The molecule has 168 valence electrons. The molecule has 0 unspecified atom stereocenters. The number of nitrogens with one attached hydrogen (secondary N) is 1. The second-order valence-electron chi connectivity index (χ2n) is 9.06. The number of hydrogen-bond donors (Lipinski definition) is 1. The van der Waals surface area contributed by atoms with Crippen molar-refractivity contribution in [1.29, 1.82) is 0 Å². The average Bonchev–Trinajstić information content (AvgIpc) is 3.47. The quantitative estimate of drug-likeness (QED) is 0.427. The van der Waals surface area contributed by atoms with Gasteiger partial charge in [0.15, 0.2) is 0 Å². The molecule has 0 aliphatic carbocycles. The van der Waals surface area contributed by atoms with E-state index in [9.17, 15) is 28.9 Å². The molecule has 4 heterocycles. The van der Waals surface area contributed by atoms with Gasteiger partial charge in [0.2, 0.25) is 17.7 Å². The van der Waals surface area contributed by atoms with Crippen LogP contribution in [0.25, 0.3) is 0 Å². The van der Waals surface area contributed by atoms with Crippen LogP contribution in [0.2, 0.25) is 0 Å². The topological polar surface area (TPSA) is 113 Å². The van der Waals surface area contributed by atoms with Crippen LogP contribution in [0, 0.1) is 34.7 Å². The molecule has 1 spiro atoms. The van der Waals surface area contributed by atoms with Crippen LogP contribution >= 0.6 is 0 Å². The van der Waals surface area contributed by atoms with Crippen molar-refractivity contribution in [1.82, 2.24) is 4.90 Å². The van der Waals surface area contributed by atoms with Crippen LogP contribution in [0.4, 0.5) is 21.5 Å². The normalized spacial score (nSPS) is 30.1. The third-order valence-corrected chi connectivity index (χ3v) is 7.59. The van der Waals surface area contributed by atoms with Gasteiger partial charge in [0.05, 0.1) is 22.4 Å². The van der Waals surface area contributed by atoms with Crippen molar-refractivity contribution in [3.05, 3.63) is 63.5 Å². The van der Waals surface area contributed by atoms with E-state index < -0.39 is 45.8 Å². The number of hydrogen-bond acceptors (Lipinski definition) is 6. The fraction of sp³-hybridized carbons (Fsp3) is 0.348. The highest BCUT2D eigenvalue weighted by atomic mass is 19.1. The standard InChI is InChI=1S/C23H19FN4O5/c1-11-9-13(28(32)33)5-7-16(11)27-20(29)18-17-3-2-8-26(17)23(19(18)21(27)30)14-10-12(24)4-6-15(14)25-22(23)31/h4-7,9-10,17-19H,2-3,8H2,1H3,(H,25,31)/t17-,18+,19+,23-/m0/s1. The lowest BCUT2D eigenvalue weighted by Crippen LogP contribution is -2.54. The van der Waals surface area contributed by atoms with Gasteiger partial charge in [-0.25, -0.2) is 9.29 Å². The maximum absolute atomic E-state index is 14.3. The first-order chi connectivity index (χ1) is 15.8. The largest absolute Gasteiger partial charge is 0.324 e. The van der Waals surface area contributed by atoms with Crippen LogP contribution in [0.15, 0.2) is 36.4 Å². The van der Waals surface area contributed by atoms with Gasteiger partial charge in [-0.1, -0.05) is 0 Å². The van der Waals surface area contributed by atoms with Gasteiger partial charge in [-0.15, -0.1) is 0 Å². The zero-order valence-corrected chi connectivity index (χ0v) is 17.6. The van der Waals surface area contributed by atoms with Crippen molar-refractivity contribution in [3.8, 4) is 0 Å². The summed E-state index contributed by atoms with van der Waals surface area (Å²) in [6, 6.07) is 7.65. The average molecular weight is 450 g/mol. The maximum Gasteiger partial charge on any atom is 0.269 e. The summed E-state index contributed by atoms with van der Waals surface area (Å²) < 4.78 is 14.3. The van der Waals surface area contributed by atoms with E-state index in [1.165, 1.54) is 36.4 Å². The molecule has 0 bridgehead atoms. The lowest BCUT2D eigenvalue weighted by atomic mass is 9.75. The highest BCUT2D eigenvalue weighted by Gasteiger charge is 2.74. The Morgan fingerprint density at radius 1 is 1.15 bits per heavy atom. The lowest BCUT2D eigenvalue weighted by Gasteiger charge is -2.36. The highest BCUT2D eigenvalue weighted by molar-refractivity contribution is 6.26. The van der Waals surface area contributed by atoms with E-state index in [2.05, 4.69) is 5.32 Å². The van der Waals surface area contributed by atoms with Crippen LogP contribution < -0.4 is 10.2 Å². The molecule has 4 aliphatic heterocycles. The van der Waals surface area contributed by atoms with E-state index in [-0.39, 0.29) is 17.4 Å².